The first-order valence-corrected chi connectivity index (χ1v) is 9.90. The molecule has 0 unspecified atom stereocenters. The maximum Gasteiger partial charge on any atom is 0.264 e. The molecule has 1 aromatic carbocycles. The number of hydrogen-bond donors (Lipinski definition) is 1. The minimum absolute atomic E-state index is 0.000227. The molecule has 4 rings (SSSR count). The molecule has 0 atom stereocenters. The monoisotopic (exact) mass is 412 g/mol. The number of benzene rings is 1. The Kier molecular flexibility index (Phi) is 5.01. The second-order valence-electron chi connectivity index (χ2n) is 6.78. The van der Waals surface area contributed by atoms with Crippen molar-refractivity contribution in [2.45, 2.75) is 26.8 Å². The van der Waals surface area contributed by atoms with Crippen molar-refractivity contribution in [2.75, 3.05) is 23.9 Å². The molecule has 0 aliphatic carbocycles. The van der Waals surface area contributed by atoms with Crippen molar-refractivity contribution >= 4 is 34.0 Å². The molecule has 150 valence electrons. The predicted octanol–water partition coefficient (Wildman–Crippen LogP) is 2.20. The summed E-state index contributed by atoms with van der Waals surface area (Å²) in [5.41, 5.74) is 3.06. The van der Waals surface area contributed by atoms with E-state index >= 15 is 0 Å². The van der Waals surface area contributed by atoms with E-state index in [-0.39, 0.29) is 18.4 Å². The van der Waals surface area contributed by atoms with E-state index in [2.05, 4.69) is 20.6 Å². The summed E-state index contributed by atoms with van der Waals surface area (Å²) >= 11 is 1.33. The van der Waals surface area contributed by atoms with Crippen molar-refractivity contribution in [3.63, 3.8) is 0 Å². The summed E-state index contributed by atoms with van der Waals surface area (Å²) in [6, 6.07) is 7.00. The average molecular weight is 412 g/mol. The number of carbonyl (C=O) groups is 2. The Bertz CT molecular complexity index is 1090. The van der Waals surface area contributed by atoms with Crippen molar-refractivity contribution in [3.8, 4) is 5.75 Å². The molecule has 0 saturated heterocycles. The largest absolute Gasteiger partial charge is 0.482 e. The van der Waals surface area contributed by atoms with Gasteiger partial charge in [-0.3, -0.25) is 19.6 Å². The smallest absolute Gasteiger partial charge is 0.264 e. The summed E-state index contributed by atoms with van der Waals surface area (Å²) in [6.45, 7) is 4.68. The maximum absolute atomic E-state index is 12.6. The molecule has 0 radical (unpaired) electrons. The summed E-state index contributed by atoms with van der Waals surface area (Å²) in [6.07, 6.45) is 0.679. The van der Waals surface area contributed by atoms with Crippen molar-refractivity contribution in [1.82, 2.24) is 20.0 Å². The highest BCUT2D eigenvalue weighted by atomic mass is 32.1. The van der Waals surface area contributed by atoms with Crippen LogP contribution in [0.15, 0.2) is 24.3 Å². The van der Waals surface area contributed by atoms with E-state index in [1.54, 1.807) is 25.2 Å². The summed E-state index contributed by atoms with van der Waals surface area (Å²) in [5, 5.41) is 16.6. The minimum Gasteiger partial charge on any atom is -0.482 e. The standard InChI is InChI=1S/C19H20N6O3S/c1-11-8-12(2)25(23-11)7-6-16-21-22-19(29-16)20-18(27)13-4-5-15-14(9-13)24(3)17(26)10-28-15/h4-5,8-9H,6-7,10H2,1-3H3,(H,20,22,27). The Balaban J connectivity index is 1.42. The number of rotatable bonds is 5. The second kappa shape index (κ2) is 7.63. The number of ether oxygens (including phenoxy) is 1. The van der Waals surface area contributed by atoms with E-state index < -0.39 is 0 Å². The van der Waals surface area contributed by atoms with E-state index in [1.807, 2.05) is 24.6 Å². The van der Waals surface area contributed by atoms with Crippen LogP contribution in [0.5, 0.6) is 5.75 Å². The zero-order valence-electron chi connectivity index (χ0n) is 16.3. The number of nitrogens with zero attached hydrogens (tertiary/aromatic N) is 5. The van der Waals surface area contributed by atoms with Gasteiger partial charge in [0.25, 0.3) is 11.8 Å². The van der Waals surface area contributed by atoms with Crippen molar-refractivity contribution in [2.24, 2.45) is 0 Å². The van der Waals surface area contributed by atoms with E-state index in [0.717, 1.165) is 16.4 Å². The zero-order valence-corrected chi connectivity index (χ0v) is 17.1. The Morgan fingerprint density at radius 3 is 2.86 bits per heavy atom. The highest BCUT2D eigenvalue weighted by molar-refractivity contribution is 7.15. The van der Waals surface area contributed by atoms with Crippen LogP contribution in [0.3, 0.4) is 0 Å². The van der Waals surface area contributed by atoms with Crippen LogP contribution in [0, 0.1) is 13.8 Å². The number of aryl methyl sites for hydroxylation is 4. The SMILES string of the molecule is Cc1cc(C)n(CCc2nnc(NC(=O)c3ccc4c(c3)N(C)C(=O)CO4)s2)n1. The van der Waals surface area contributed by atoms with Crippen LogP contribution in [0.2, 0.25) is 0 Å². The molecule has 3 aromatic rings. The van der Waals surface area contributed by atoms with Crippen LogP contribution in [0.4, 0.5) is 10.8 Å². The quantitative estimate of drug-likeness (QED) is 0.689. The molecular formula is C19H20N6O3S. The Morgan fingerprint density at radius 1 is 1.28 bits per heavy atom. The van der Waals surface area contributed by atoms with E-state index in [0.29, 0.717) is 35.1 Å². The molecule has 0 saturated carbocycles. The van der Waals surface area contributed by atoms with Crippen LogP contribution in [-0.4, -0.2) is 45.4 Å². The lowest BCUT2D eigenvalue weighted by Gasteiger charge is -2.26. The predicted molar refractivity (Wildman–Crippen MR) is 109 cm³/mol. The molecule has 3 heterocycles. The molecule has 1 aliphatic rings. The van der Waals surface area contributed by atoms with Gasteiger partial charge in [-0.25, -0.2) is 0 Å². The van der Waals surface area contributed by atoms with Crippen LogP contribution in [0.1, 0.15) is 26.8 Å². The van der Waals surface area contributed by atoms with Crippen LogP contribution < -0.4 is 15.0 Å². The molecule has 0 spiro atoms. The van der Waals surface area contributed by atoms with Gasteiger partial charge >= 0.3 is 0 Å². The number of hydrogen-bond acceptors (Lipinski definition) is 7. The lowest BCUT2D eigenvalue weighted by atomic mass is 10.1. The number of aromatic nitrogens is 4. The minimum atomic E-state index is -0.319. The maximum atomic E-state index is 12.6. The lowest BCUT2D eigenvalue weighted by molar-refractivity contribution is -0.120. The molecule has 1 aliphatic heterocycles. The van der Waals surface area contributed by atoms with Gasteiger partial charge in [0.2, 0.25) is 5.13 Å². The van der Waals surface area contributed by atoms with E-state index in [4.69, 9.17) is 4.74 Å². The fourth-order valence-corrected chi connectivity index (χ4v) is 3.81. The van der Waals surface area contributed by atoms with Gasteiger partial charge in [-0.05, 0) is 38.1 Å². The van der Waals surface area contributed by atoms with Crippen LogP contribution in [0.25, 0.3) is 0 Å². The van der Waals surface area contributed by atoms with E-state index in [9.17, 15) is 9.59 Å². The first kappa shape index (κ1) is 19.1. The van der Waals surface area contributed by atoms with Gasteiger partial charge in [0.15, 0.2) is 6.61 Å². The molecule has 9 nitrogen and oxygen atoms in total. The highest BCUT2D eigenvalue weighted by Gasteiger charge is 2.23. The van der Waals surface area contributed by atoms with Crippen molar-refractivity contribution < 1.29 is 14.3 Å². The molecule has 29 heavy (non-hydrogen) atoms. The van der Waals surface area contributed by atoms with Crippen LogP contribution >= 0.6 is 11.3 Å². The molecule has 0 bridgehead atoms. The molecule has 2 aromatic heterocycles. The first-order valence-electron chi connectivity index (χ1n) is 9.09. The lowest BCUT2D eigenvalue weighted by Crippen LogP contribution is -2.35. The summed E-state index contributed by atoms with van der Waals surface area (Å²) < 4.78 is 7.32. The molecule has 0 fully saturated rings. The van der Waals surface area contributed by atoms with Gasteiger partial charge in [-0.2, -0.15) is 5.10 Å². The number of amides is 2. The third-order valence-electron chi connectivity index (χ3n) is 4.64. The zero-order chi connectivity index (χ0) is 20.5. The summed E-state index contributed by atoms with van der Waals surface area (Å²) in [4.78, 5) is 25.9. The number of likely N-dealkylation sites (N-methyl/N-ethyl adjacent to an activating group) is 1. The topological polar surface area (TPSA) is 102 Å². The van der Waals surface area contributed by atoms with Gasteiger partial charge in [0.1, 0.15) is 10.8 Å². The number of nitrogens with one attached hydrogen (secondary N) is 1. The Hall–Kier alpha value is -3.27. The fourth-order valence-electron chi connectivity index (χ4n) is 3.09. The van der Waals surface area contributed by atoms with Crippen molar-refractivity contribution in [1.29, 1.82) is 0 Å². The average Bonchev–Trinajstić information content (AvgIpc) is 3.28. The van der Waals surface area contributed by atoms with Gasteiger partial charge in [0, 0.05) is 31.3 Å². The first-order chi connectivity index (χ1) is 13.9. The second-order valence-corrected chi connectivity index (χ2v) is 7.84. The van der Waals surface area contributed by atoms with Gasteiger partial charge in [-0.1, -0.05) is 11.3 Å². The number of carbonyl (C=O) groups excluding carboxylic acids is 2. The Labute approximate surface area is 171 Å². The summed E-state index contributed by atoms with van der Waals surface area (Å²) in [5.74, 6) is 0.0953. The van der Waals surface area contributed by atoms with Gasteiger partial charge in [0.05, 0.1) is 11.4 Å². The highest BCUT2D eigenvalue weighted by Crippen LogP contribution is 2.32. The van der Waals surface area contributed by atoms with E-state index in [1.165, 1.54) is 16.2 Å². The molecule has 2 amide bonds. The number of fused-ring (bicyclic) bond motifs is 1. The van der Waals surface area contributed by atoms with Crippen molar-refractivity contribution in [3.05, 3.63) is 46.2 Å². The third kappa shape index (κ3) is 3.97. The Morgan fingerprint density at radius 2 is 2.10 bits per heavy atom. The normalized spacial score (nSPS) is 13.2. The molecule has 1 N–H and O–H groups in total. The fraction of sp³-hybridized carbons (Fsp3) is 0.316. The third-order valence-corrected chi connectivity index (χ3v) is 5.53. The van der Waals surface area contributed by atoms with Gasteiger partial charge < -0.3 is 9.64 Å². The van der Waals surface area contributed by atoms with Crippen LogP contribution in [-0.2, 0) is 17.8 Å². The molecule has 10 heteroatoms. The molecular weight excluding hydrogens is 392 g/mol. The number of anilines is 2. The summed E-state index contributed by atoms with van der Waals surface area (Å²) in [7, 11) is 1.66. The van der Waals surface area contributed by atoms with Gasteiger partial charge in [-0.15, -0.1) is 10.2 Å².